The molecular formula is C14H15BrN2O2. The van der Waals surface area contributed by atoms with Crippen LogP contribution in [0.15, 0.2) is 39.6 Å². The summed E-state index contributed by atoms with van der Waals surface area (Å²) >= 11 is 3.26. The third-order valence-electron chi connectivity index (χ3n) is 2.59. The van der Waals surface area contributed by atoms with Gasteiger partial charge in [0.25, 0.3) is 5.56 Å². The second-order valence-corrected chi connectivity index (χ2v) is 4.92. The lowest BCUT2D eigenvalue weighted by Gasteiger charge is -2.07. The van der Waals surface area contributed by atoms with E-state index >= 15 is 0 Å². The molecule has 1 aromatic heterocycles. The number of aromatic nitrogens is 2. The average Bonchev–Trinajstić information content (AvgIpc) is 2.43. The Bertz CT molecular complexity index is 596. The maximum absolute atomic E-state index is 11.7. The van der Waals surface area contributed by atoms with Crippen molar-refractivity contribution in [2.75, 3.05) is 0 Å². The van der Waals surface area contributed by atoms with Crippen molar-refractivity contribution in [3.8, 4) is 5.75 Å². The first kappa shape index (κ1) is 13.8. The Balaban J connectivity index is 2.14. The maximum atomic E-state index is 11.7. The third kappa shape index (κ3) is 3.67. The zero-order valence-corrected chi connectivity index (χ0v) is 12.2. The highest BCUT2D eigenvalue weighted by molar-refractivity contribution is 9.10. The standard InChI is InChI=1S/C14H15BrN2O2/c1-2-6-11-13(15)14(18)17-12(16-11)9-19-10-7-4-3-5-8-10/h3-5,7-8H,2,6,9H2,1H3,(H,16,17,18). The molecule has 4 nitrogen and oxygen atoms in total. The quantitative estimate of drug-likeness (QED) is 0.920. The summed E-state index contributed by atoms with van der Waals surface area (Å²) in [4.78, 5) is 18.9. The van der Waals surface area contributed by atoms with Crippen LogP contribution in [0.3, 0.4) is 0 Å². The lowest BCUT2D eigenvalue weighted by molar-refractivity contribution is 0.295. The van der Waals surface area contributed by atoms with Crippen LogP contribution < -0.4 is 10.3 Å². The largest absolute Gasteiger partial charge is 0.486 e. The highest BCUT2D eigenvalue weighted by Gasteiger charge is 2.08. The van der Waals surface area contributed by atoms with Crippen LogP contribution in [-0.2, 0) is 13.0 Å². The molecule has 1 aromatic carbocycles. The number of hydrogen-bond donors (Lipinski definition) is 1. The van der Waals surface area contributed by atoms with Crippen LogP contribution in [0.5, 0.6) is 5.75 Å². The summed E-state index contributed by atoms with van der Waals surface area (Å²) in [6.45, 7) is 2.30. The Morgan fingerprint density at radius 3 is 2.74 bits per heavy atom. The van der Waals surface area contributed by atoms with Gasteiger partial charge in [-0.1, -0.05) is 31.5 Å². The first-order valence-electron chi connectivity index (χ1n) is 6.16. The highest BCUT2D eigenvalue weighted by atomic mass is 79.9. The zero-order valence-electron chi connectivity index (χ0n) is 10.6. The Labute approximate surface area is 120 Å². The number of benzene rings is 1. The van der Waals surface area contributed by atoms with E-state index in [2.05, 4.69) is 32.8 Å². The van der Waals surface area contributed by atoms with E-state index in [1.807, 2.05) is 30.3 Å². The molecule has 1 heterocycles. The number of rotatable bonds is 5. The SMILES string of the molecule is CCCc1nc(COc2ccccc2)[nH]c(=O)c1Br. The molecule has 19 heavy (non-hydrogen) atoms. The monoisotopic (exact) mass is 322 g/mol. The number of aryl methyl sites for hydroxylation is 1. The summed E-state index contributed by atoms with van der Waals surface area (Å²) in [5.74, 6) is 1.30. The second kappa shape index (κ2) is 6.52. The topological polar surface area (TPSA) is 55.0 Å². The fourth-order valence-corrected chi connectivity index (χ4v) is 2.08. The number of nitrogens with zero attached hydrogens (tertiary/aromatic N) is 1. The molecule has 1 N–H and O–H groups in total. The minimum absolute atomic E-state index is 0.162. The molecule has 0 aliphatic heterocycles. The number of halogens is 1. The zero-order chi connectivity index (χ0) is 13.7. The fourth-order valence-electron chi connectivity index (χ4n) is 1.70. The normalized spacial score (nSPS) is 10.4. The van der Waals surface area contributed by atoms with Crippen LogP contribution in [0, 0.1) is 0 Å². The summed E-state index contributed by atoms with van der Waals surface area (Å²) in [5.41, 5.74) is 0.614. The lowest BCUT2D eigenvalue weighted by atomic mass is 10.2. The van der Waals surface area contributed by atoms with Gasteiger partial charge in [0.2, 0.25) is 0 Å². The molecule has 5 heteroatoms. The molecule has 0 atom stereocenters. The first-order valence-corrected chi connectivity index (χ1v) is 6.95. The van der Waals surface area contributed by atoms with Gasteiger partial charge in [0.1, 0.15) is 22.7 Å². The van der Waals surface area contributed by atoms with E-state index in [1.54, 1.807) is 0 Å². The first-order chi connectivity index (χ1) is 9.20. The minimum Gasteiger partial charge on any atom is -0.486 e. The van der Waals surface area contributed by atoms with Gasteiger partial charge in [0.05, 0.1) is 5.69 Å². The number of aromatic amines is 1. The molecule has 0 spiro atoms. The summed E-state index contributed by atoms with van der Waals surface area (Å²) in [7, 11) is 0. The summed E-state index contributed by atoms with van der Waals surface area (Å²) < 4.78 is 6.08. The third-order valence-corrected chi connectivity index (χ3v) is 3.40. The lowest BCUT2D eigenvalue weighted by Crippen LogP contribution is -2.17. The van der Waals surface area contributed by atoms with Crippen molar-refractivity contribution < 1.29 is 4.74 Å². The summed E-state index contributed by atoms with van der Waals surface area (Å²) in [6.07, 6.45) is 1.71. The second-order valence-electron chi connectivity index (χ2n) is 4.13. The van der Waals surface area contributed by atoms with E-state index in [-0.39, 0.29) is 12.2 Å². The van der Waals surface area contributed by atoms with Gasteiger partial charge in [-0.25, -0.2) is 4.98 Å². The predicted molar refractivity (Wildman–Crippen MR) is 77.3 cm³/mol. The molecule has 100 valence electrons. The van der Waals surface area contributed by atoms with Crippen molar-refractivity contribution in [2.45, 2.75) is 26.4 Å². The Morgan fingerprint density at radius 1 is 1.32 bits per heavy atom. The van der Waals surface area contributed by atoms with Crippen LogP contribution in [0.25, 0.3) is 0 Å². The number of para-hydroxylation sites is 1. The average molecular weight is 323 g/mol. The van der Waals surface area contributed by atoms with E-state index in [9.17, 15) is 4.79 Å². The molecule has 0 saturated carbocycles. The van der Waals surface area contributed by atoms with E-state index in [4.69, 9.17) is 4.74 Å². The van der Waals surface area contributed by atoms with Gasteiger partial charge < -0.3 is 9.72 Å². The number of ether oxygens (including phenoxy) is 1. The Morgan fingerprint density at radius 2 is 2.05 bits per heavy atom. The van der Waals surface area contributed by atoms with Crippen molar-refractivity contribution in [2.24, 2.45) is 0 Å². The number of H-pyrrole nitrogens is 1. The van der Waals surface area contributed by atoms with Gasteiger partial charge >= 0.3 is 0 Å². The van der Waals surface area contributed by atoms with Crippen LogP contribution in [0.2, 0.25) is 0 Å². The van der Waals surface area contributed by atoms with Crippen molar-refractivity contribution in [3.05, 3.63) is 56.7 Å². The van der Waals surface area contributed by atoms with Gasteiger partial charge in [0.15, 0.2) is 0 Å². The van der Waals surface area contributed by atoms with Crippen molar-refractivity contribution in [3.63, 3.8) is 0 Å². The molecule has 0 unspecified atom stereocenters. The molecule has 0 saturated heterocycles. The van der Waals surface area contributed by atoms with Gasteiger partial charge in [-0.05, 0) is 34.5 Å². The van der Waals surface area contributed by atoms with Crippen LogP contribution in [0.4, 0.5) is 0 Å². The molecule has 0 fully saturated rings. The molecule has 0 aliphatic rings. The molecule has 0 aliphatic carbocycles. The Kier molecular flexibility index (Phi) is 4.74. The summed E-state index contributed by atoms with van der Waals surface area (Å²) in [6, 6.07) is 9.45. The molecule has 2 rings (SSSR count). The van der Waals surface area contributed by atoms with Crippen molar-refractivity contribution in [1.29, 1.82) is 0 Å². The maximum Gasteiger partial charge on any atom is 0.265 e. The van der Waals surface area contributed by atoms with Crippen LogP contribution in [0.1, 0.15) is 24.9 Å². The fraction of sp³-hybridized carbons (Fsp3) is 0.286. The van der Waals surface area contributed by atoms with Crippen molar-refractivity contribution in [1.82, 2.24) is 9.97 Å². The predicted octanol–water partition coefficient (Wildman–Crippen LogP) is 3.06. The molecule has 0 amide bonds. The molecular weight excluding hydrogens is 308 g/mol. The van der Waals surface area contributed by atoms with Gasteiger partial charge in [-0.2, -0.15) is 0 Å². The van der Waals surface area contributed by atoms with Gasteiger partial charge in [-0.15, -0.1) is 0 Å². The van der Waals surface area contributed by atoms with E-state index < -0.39 is 0 Å². The van der Waals surface area contributed by atoms with Crippen LogP contribution >= 0.6 is 15.9 Å². The van der Waals surface area contributed by atoms with Gasteiger partial charge in [-0.3, -0.25) is 4.79 Å². The minimum atomic E-state index is -0.162. The highest BCUT2D eigenvalue weighted by Crippen LogP contribution is 2.13. The van der Waals surface area contributed by atoms with Gasteiger partial charge in [0, 0.05) is 0 Å². The Hall–Kier alpha value is -1.62. The van der Waals surface area contributed by atoms with E-state index in [0.29, 0.717) is 10.3 Å². The molecule has 0 bridgehead atoms. The molecule has 0 radical (unpaired) electrons. The number of hydrogen-bond acceptors (Lipinski definition) is 3. The van der Waals surface area contributed by atoms with E-state index in [1.165, 1.54) is 0 Å². The van der Waals surface area contributed by atoms with Crippen LogP contribution in [-0.4, -0.2) is 9.97 Å². The van der Waals surface area contributed by atoms with Crippen molar-refractivity contribution >= 4 is 15.9 Å². The summed E-state index contributed by atoms with van der Waals surface area (Å²) in [5, 5.41) is 0. The number of nitrogens with one attached hydrogen (secondary N) is 1. The molecule has 2 aromatic rings. The smallest absolute Gasteiger partial charge is 0.265 e. The van der Waals surface area contributed by atoms with E-state index in [0.717, 1.165) is 24.3 Å².